The van der Waals surface area contributed by atoms with Gasteiger partial charge in [0.1, 0.15) is 5.92 Å². The first-order chi connectivity index (χ1) is 8.97. The summed E-state index contributed by atoms with van der Waals surface area (Å²) in [7, 11) is 0. The number of hydrogen-bond acceptors (Lipinski definition) is 4. The van der Waals surface area contributed by atoms with Crippen LogP contribution in [-0.4, -0.2) is 42.5 Å². The molecule has 0 aromatic heterocycles. The molecule has 1 fully saturated rings. The second-order valence-corrected chi connectivity index (χ2v) is 5.09. The normalized spacial score (nSPS) is 20.1. The first-order valence-electron chi connectivity index (χ1n) is 6.71. The maximum Gasteiger partial charge on any atom is 0.330 e. The molecule has 0 aliphatic carbocycles. The van der Waals surface area contributed by atoms with E-state index in [-0.39, 0.29) is 6.54 Å². The van der Waals surface area contributed by atoms with Gasteiger partial charge in [-0.2, -0.15) is 0 Å². The fraction of sp³-hybridized carbons (Fsp3) is 0.769. The van der Waals surface area contributed by atoms with E-state index in [2.05, 4.69) is 5.32 Å². The van der Waals surface area contributed by atoms with Gasteiger partial charge < -0.3 is 4.74 Å². The van der Waals surface area contributed by atoms with Crippen LogP contribution in [0.25, 0.3) is 0 Å². The van der Waals surface area contributed by atoms with Crippen molar-refractivity contribution in [1.29, 1.82) is 0 Å². The zero-order valence-electron chi connectivity index (χ0n) is 11.8. The average molecular weight is 270 g/mol. The van der Waals surface area contributed by atoms with E-state index in [0.29, 0.717) is 25.6 Å². The molecule has 0 aromatic rings. The molecule has 1 rings (SSSR count). The number of amides is 4. The summed E-state index contributed by atoms with van der Waals surface area (Å²) in [6.07, 6.45) is 1.18. The summed E-state index contributed by atoms with van der Waals surface area (Å²) in [5, 5.41) is 2.22. The van der Waals surface area contributed by atoms with Crippen LogP contribution < -0.4 is 5.32 Å². The highest BCUT2D eigenvalue weighted by molar-refractivity contribution is 6.16. The number of imide groups is 2. The SMILES string of the molecule is CCCC1C(=O)NC(=O)N(CCOCC(C)C)C1=O. The molecule has 4 amide bonds. The highest BCUT2D eigenvalue weighted by Crippen LogP contribution is 2.15. The third kappa shape index (κ3) is 4.31. The van der Waals surface area contributed by atoms with Gasteiger partial charge in [0.25, 0.3) is 0 Å². The van der Waals surface area contributed by atoms with Crippen LogP contribution >= 0.6 is 0 Å². The Kier molecular flexibility index (Phi) is 5.95. The number of rotatable bonds is 7. The van der Waals surface area contributed by atoms with Crippen LogP contribution in [0.2, 0.25) is 0 Å². The monoisotopic (exact) mass is 270 g/mol. The summed E-state index contributed by atoms with van der Waals surface area (Å²) in [5.74, 6) is -1.24. The Morgan fingerprint density at radius 1 is 1.32 bits per heavy atom. The van der Waals surface area contributed by atoms with Crippen molar-refractivity contribution in [3.8, 4) is 0 Å². The minimum absolute atomic E-state index is 0.185. The van der Waals surface area contributed by atoms with Crippen LogP contribution in [0.1, 0.15) is 33.6 Å². The number of nitrogens with one attached hydrogen (secondary N) is 1. The van der Waals surface area contributed by atoms with Crippen molar-refractivity contribution in [1.82, 2.24) is 10.2 Å². The van der Waals surface area contributed by atoms with Gasteiger partial charge in [-0.1, -0.05) is 27.2 Å². The van der Waals surface area contributed by atoms with Gasteiger partial charge in [0, 0.05) is 6.61 Å². The third-order valence-corrected chi connectivity index (χ3v) is 2.84. The third-order valence-electron chi connectivity index (χ3n) is 2.84. The van der Waals surface area contributed by atoms with E-state index in [0.717, 1.165) is 11.3 Å². The Labute approximate surface area is 113 Å². The largest absolute Gasteiger partial charge is 0.379 e. The lowest BCUT2D eigenvalue weighted by Crippen LogP contribution is -2.58. The van der Waals surface area contributed by atoms with Crippen LogP contribution in [0.3, 0.4) is 0 Å². The van der Waals surface area contributed by atoms with E-state index in [4.69, 9.17) is 4.74 Å². The van der Waals surface area contributed by atoms with Gasteiger partial charge in [-0.25, -0.2) is 4.79 Å². The molecule has 1 N–H and O–H groups in total. The second kappa shape index (κ2) is 7.23. The fourth-order valence-electron chi connectivity index (χ4n) is 1.89. The first kappa shape index (κ1) is 15.6. The minimum Gasteiger partial charge on any atom is -0.379 e. The van der Waals surface area contributed by atoms with E-state index in [9.17, 15) is 14.4 Å². The number of nitrogens with zero attached hydrogens (tertiary/aromatic N) is 1. The summed E-state index contributed by atoms with van der Waals surface area (Å²) in [4.78, 5) is 36.3. The summed E-state index contributed by atoms with van der Waals surface area (Å²) in [5.41, 5.74) is 0. The smallest absolute Gasteiger partial charge is 0.330 e. The van der Waals surface area contributed by atoms with Crippen molar-refractivity contribution < 1.29 is 19.1 Å². The van der Waals surface area contributed by atoms with Crippen molar-refractivity contribution in [2.75, 3.05) is 19.8 Å². The topological polar surface area (TPSA) is 75.7 Å². The molecule has 6 heteroatoms. The summed E-state index contributed by atoms with van der Waals surface area (Å²) < 4.78 is 5.36. The number of carbonyl (C=O) groups excluding carboxylic acids is 3. The molecule has 6 nitrogen and oxygen atoms in total. The molecule has 0 spiro atoms. The molecule has 19 heavy (non-hydrogen) atoms. The highest BCUT2D eigenvalue weighted by Gasteiger charge is 2.39. The number of ether oxygens (including phenoxy) is 1. The van der Waals surface area contributed by atoms with Crippen LogP contribution in [-0.2, 0) is 14.3 Å². The van der Waals surface area contributed by atoms with Crippen LogP contribution in [0, 0.1) is 11.8 Å². The van der Waals surface area contributed by atoms with Crippen molar-refractivity contribution in [2.24, 2.45) is 11.8 Å². The Hall–Kier alpha value is -1.43. The van der Waals surface area contributed by atoms with Gasteiger partial charge in [0.05, 0.1) is 13.2 Å². The van der Waals surface area contributed by atoms with Crippen LogP contribution in [0.15, 0.2) is 0 Å². The quantitative estimate of drug-likeness (QED) is 0.556. The van der Waals surface area contributed by atoms with Gasteiger partial charge in [-0.3, -0.25) is 19.8 Å². The van der Waals surface area contributed by atoms with Gasteiger partial charge in [-0.05, 0) is 12.3 Å². The summed E-state index contributed by atoms with van der Waals surface area (Å²) in [6.45, 7) is 7.01. The maximum atomic E-state index is 12.1. The molecule has 1 saturated heterocycles. The number of barbiturate groups is 1. The predicted molar refractivity (Wildman–Crippen MR) is 69.3 cm³/mol. The fourth-order valence-corrected chi connectivity index (χ4v) is 1.89. The van der Waals surface area contributed by atoms with Crippen molar-refractivity contribution >= 4 is 17.8 Å². The molecule has 0 bridgehead atoms. The summed E-state index contributed by atoms with van der Waals surface area (Å²) >= 11 is 0. The van der Waals surface area contributed by atoms with Gasteiger partial charge in [0.15, 0.2) is 0 Å². The molecule has 1 heterocycles. The molecular formula is C13H22N2O4. The van der Waals surface area contributed by atoms with E-state index >= 15 is 0 Å². The minimum atomic E-state index is -0.743. The number of hydrogen-bond donors (Lipinski definition) is 1. The molecule has 0 saturated carbocycles. The predicted octanol–water partition coefficient (Wildman–Crippen LogP) is 1.15. The van der Waals surface area contributed by atoms with Gasteiger partial charge in [-0.15, -0.1) is 0 Å². The molecule has 0 radical (unpaired) electrons. The molecule has 1 aliphatic heterocycles. The standard InChI is InChI=1S/C13H22N2O4/c1-4-5-10-11(16)14-13(18)15(12(10)17)6-7-19-8-9(2)3/h9-10H,4-8H2,1-3H3,(H,14,16,18). The van der Waals surface area contributed by atoms with Crippen molar-refractivity contribution in [3.05, 3.63) is 0 Å². The van der Waals surface area contributed by atoms with E-state index in [1.54, 1.807) is 0 Å². The highest BCUT2D eigenvalue weighted by atomic mass is 16.5. The summed E-state index contributed by atoms with van der Waals surface area (Å²) in [6, 6.07) is -0.643. The lowest BCUT2D eigenvalue weighted by Gasteiger charge is -2.29. The second-order valence-electron chi connectivity index (χ2n) is 5.09. The molecule has 1 aliphatic rings. The molecule has 0 aromatic carbocycles. The Balaban J connectivity index is 2.53. The zero-order valence-corrected chi connectivity index (χ0v) is 11.8. The van der Waals surface area contributed by atoms with E-state index in [1.165, 1.54) is 0 Å². The number of carbonyl (C=O) groups is 3. The van der Waals surface area contributed by atoms with E-state index < -0.39 is 23.8 Å². The lowest BCUT2D eigenvalue weighted by molar-refractivity contribution is -0.143. The Bertz CT molecular complexity index is 355. The van der Waals surface area contributed by atoms with Crippen LogP contribution in [0.4, 0.5) is 4.79 Å². The average Bonchev–Trinajstić information content (AvgIpc) is 2.33. The van der Waals surface area contributed by atoms with Crippen molar-refractivity contribution in [3.63, 3.8) is 0 Å². The molecule has 108 valence electrons. The Morgan fingerprint density at radius 2 is 2.00 bits per heavy atom. The van der Waals surface area contributed by atoms with Crippen molar-refractivity contribution in [2.45, 2.75) is 33.6 Å². The molecular weight excluding hydrogens is 248 g/mol. The first-order valence-corrected chi connectivity index (χ1v) is 6.71. The Morgan fingerprint density at radius 3 is 2.58 bits per heavy atom. The maximum absolute atomic E-state index is 12.1. The molecule has 1 unspecified atom stereocenters. The number of urea groups is 1. The van der Waals surface area contributed by atoms with Gasteiger partial charge in [0.2, 0.25) is 11.8 Å². The molecule has 1 atom stereocenters. The van der Waals surface area contributed by atoms with Gasteiger partial charge >= 0.3 is 6.03 Å². The lowest BCUT2D eigenvalue weighted by atomic mass is 9.99. The van der Waals surface area contributed by atoms with E-state index in [1.807, 2.05) is 20.8 Å². The zero-order chi connectivity index (χ0) is 14.4. The van der Waals surface area contributed by atoms with Crippen LogP contribution in [0.5, 0.6) is 0 Å².